The molecule has 0 aliphatic carbocycles. The van der Waals surface area contributed by atoms with Crippen LogP contribution in [0.2, 0.25) is 0 Å². The first-order valence-corrected chi connectivity index (χ1v) is 6.97. The lowest BCUT2D eigenvalue weighted by Crippen LogP contribution is -2.39. The van der Waals surface area contributed by atoms with E-state index < -0.39 is 44.1 Å². The Kier molecular flexibility index (Phi) is 5.18. The number of aliphatic hydroxyl groups is 1. The normalized spacial score (nSPS) is 12.7. The van der Waals surface area contributed by atoms with Gasteiger partial charge in [0.25, 0.3) is 0 Å². The number of nitrogens with zero attached hydrogens (tertiary/aromatic N) is 1. The third-order valence-corrected chi connectivity index (χ3v) is 3.87. The fourth-order valence-corrected chi connectivity index (χ4v) is 2.41. The Labute approximate surface area is 119 Å². The van der Waals surface area contributed by atoms with E-state index in [4.69, 9.17) is 15.6 Å². The largest absolute Gasteiger partial charge is 0.490 e. The number of methoxy groups -OCH3 is 1. The topological polar surface area (TPSA) is 162 Å². The number of nitrogens with one attached hydrogen (secondary N) is 1. The van der Waals surface area contributed by atoms with Crippen molar-refractivity contribution >= 4 is 21.6 Å². The Morgan fingerprint density at radius 2 is 2.19 bits per heavy atom. The molecule has 21 heavy (non-hydrogen) atoms. The number of ether oxygens (including phenoxy) is 1. The van der Waals surface area contributed by atoms with E-state index in [0.29, 0.717) is 0 Å². The second-order valence-electron chi connectivity index (χ2n) is 3.86. The number of nitrogens with two attached hydrogens (primary N) is 1. The van der Waals surface area contributed by atoms with Crippen molar-refractivity contribution in [1.82, 2.24) is 4.72 Å². The van der Waals surface area contributed by atoms with Gasteiger partial charge in [0.05, 0.1) is 16.9 Å². The third kappa shape index (κ3) is 4.11. The average molecular weight is 319 g/mol. The summed E-state index contributed by atoms with van der Waals surface area (Å²) in [5.74, 6) is -1.20. The molecule has 0 saturated heterocycles. The van der Waals surface area contributed by atoms with Crippen LogP contribution in [-0.2, 0) is 14.8 Å². The van der Waals surface area contributed by atoms with Crippen molar-refractivity contribution in [2.75, 3.05) is 13.7 Å². The van der Waals surface area contributed by atoms with E-state index in [1.807, 2.05) is 4.72 Å². The Bertz CT molecular complexity index is 659. The van der Waals surface area contributed by atoms with Gasteiger partial charge in [0.1, 0.15) is 6.10 Å². The maximum Gasteiger partial charge on any atom is 0.312 e. The first-order valence-electron chi connectivity index (χ1n) is 5.48. The van der Waals surface area contributed by atoms with E-state index in [1.54, 1.807) is 0 Å². The predicted molar refractivity (Wildman–Crippen MR) is 70.0 cm³/mol. The molecular formula is C10H13N3O7S. The van der Waals surface area contributed by atoms with Crippen LogP contribution in [0.15, 0.2) is 23.1 Å². The highest BCUT2D eigenvalue weighted by atomic mass is 32.2. The Morgan fingerprint density at radius 1 is 1.57 bits per heavy atom. The van der Waals surface area contributed by atoms with Crippen LogP contribution in [0.1, 0.15) is 0 Å². The number of nitro benzene ring substituents is 1. The molecule has 116 valence electrons. The summed E-state index contributed by atoms with van der Waals surface area (Å²) < 4.78 is 30.5. The van der Waals surface area contributed by atoms with Gasteiger partial charge in [-0.2, -0.15) is 0 Å². The van der Waals surface area contributed by atoms with Gasteiger partial charge in [-0.25, -0.2) is 13.1 Å². The molecule has 0 aliphatic rings. The van der Waals surface area contributed by atoms with E-state index >= 15 is 0 Å². The second-order valence-corrected chi connectivity index (χ2v) is 5.63. The molecule has 0 bridgehead atoms. The van der Waals surface area contributed by atoms with Crippen LogP contribution in [-0.4, -0.2) is 44.1 Å². The minimum absolute atomic E-state index is 0.101. The monoisotopic (exact) mass is 319 g/mol. The molecule has 1 aromatic carbocycles. The molecule has 0 spiro atoms. The number of sulfonamides is 1. The number of aliphatic hydroxyl groups excluding tert-OH is 1. The summed E-state index contributed by atoms with van der Waals surface area (Å²) in [6, 6.07) is 3.01. The van der Waals surface area contributed by atoms with Crippen LogP contribution in [0.3, 0.4) is 0 Å². The lowest BCUT2D eigenvalue weighted by molar-refractivity contribution is -0.386. The summed E-state index contributed by atoms with van der Waals surface area (Å²) in [5.41, 5.74) is 4.24. The molecule has 4 N–H and O–H groups in total. The maximum absolute atomic E-state index is 11.9. The van der Waals surface area contributed by atoms with E-state index in [9.17, 15) is 23.3 Å². The van der Waals surface area contributed by atoms with Crippen LogP contribution in [0.5, 0.6) is 5.75 Å². The van der Waals surface area contributed by atoms with Crippen LogP contribution in [0, 0.1) is 10.1 Å². The van der Waals surface area contributed by atoms with Gasteiger partial charge in [-0.1, -0.05) is 0 Å². The lowest BCUT2D eigenvalue weighted by atomic mass is 10.3. The van der Waals surface area contributed by atoms with E-state index in [0.717, 1.165) is 18.2 Å². The smallest absolute Gasteiger partial charge is 0.312 e. The van der Waals surface area contributed by atoms with E-state index in [2.05, 4.69) is 0 Å². The summed E-state index contributed by atoms with van der Waals surface area (Å²) in [6.45, 7) is -0.641. The molecule has 0 fully saturated rings. The number of amides is 1. The molecule has 0 aliphatic heterocycles. The Balaban J connectivity index is 3.06. The van der Waals surface area contributed by atoms with E-state index in [1.165, 1.54) is 7.11 Å². The van der Waals surface area contributed by atoms with Crippen molar-refractivity contribution in [3.05, 3.63) is 28.3 Å². The highest BCUT2D eigenvalue weighted by molar-refractivity contribution is 7.89. The van der Waals surface area contributed by atoms with Crippen molar-refractivity contribution in [2.45, 2.75) is 11.0 Å². The number of carbonyl (C=O) groups excluding carboxylic acids is 1. The molecule has 0 heterocycles. The molecule has 1 unspecified atom stereocenters. The number of carbonyl (C=O) groups is 1. The first kappa shape index (κ1) is 16.8. The van der Waals surface area contributed by atoms with Crippen LogP contribution in [0.4, 0.5) is 5.69 Å². The highest BCUT2D eigenvalue weighted by Crippen LogP contribution is 2.29. The van der Waals surface area contributed by atoms with Crippen molar-refractivity contribution in [1.29, 1.82) is 0 Å². The summed E-state index contributed by atoms with van der Waals surface area (Å²) in [5, 5.41) is 20.0. The number of hydrogen-bond donors (Lipinski definition) is 3. The third-order valence-electron chi connectivity index (χ3n) is 2.45. The fraction of sp³-hybridized carbons (Fsp3) is 0.300. The highest BCUT2D eigenvalue weighted by Gasteiger charge is 2.23. The van der Waals surface area contributed by atoms with Gasteiger partial charge in [0, 0.05) is 12.6 Å². The molecule has 1 atom stereocenters. The summed E-state index contributed by atoms with van der Waals surface area (Å²) in [4.78, 5) is 20.2. The van der Waals surface area contributed by atoms with Crippen molar-refractivity contribution in [3.63, 3.8) is 0 Å². The van der Waals surface area contributed by atoms with Crippen LogP contribution < -0.4 is 15.2 Å². The van der Waals surface area contributed by atoms with Gasteiger partial charge in [-0.3, -0.25) is 14.9 Å². The van der Waals surface area contributed by atoms with Gasteiger partial charge >= 0.3 is 5.69 Å². The zero-order valence-electron chi connectivity index (χ0n) is 10.8. The molecule has 0 aromatic heterocycles. The maximum atomic E-state index is 11.9. The number of primary amides is 1. The number of nitro groups is 1. The molecule has 11 heteroatoms. The van der Waals surface area contributed by atoms with Crippen molar-refractivity contribution < 1.29 is 28.0 Å². The fourth-order valence-electron chi connectivity index (χ4n) is 1.35. The predicted octanol–water partition coefficient (Wildman–Crippen LogP) is -1.27. The molecule has 1 aromatic rings. The van der Waals surface area contributed by atoms with Gasteiger partial charge in [0.15, 0.2) is 5.75 Å². The van der Waals surface area contributed by atoms with E-state index in [-0.39, 0.29) is 5.75 Å². The lowest BCUT2D eigenvalue weighted by Gasteiger charge is -2.10. The Morgan fingerprint density at radius 3 is 2.67 bits per heavy atom. The van der Waals surface area contributed by atoms with Gasteiger partial charge in [-0.05, 0) is 12.1 Å². The van der Waals surface area contributed by atoms with Crippen LogP contribution >= 0.6 is 0 Å². The van der Waals surface area contributed by atoms with Crippen molar-refractivity contribution in [3.8, 4) is 5.75 Å². The molecule has 0 radical (unpaired) electrons. The van der Waals surface area contributed by atoms with Gasteiger partial charge in [-0.15, -0.1) is 0 Å². The summed E-state index contributed by atoms with van der Waals surface area (Å²) in [7, 11) is -2.94. The Hall–Kier alpha value is -2.24. The minimum atomic E-state index is -4.15. The quantitative estimate of drug-likeness (QED) is 0.416. The van der Waals surface area contributed by atoms with Gasteiger partial charge in [0.2, 0.25) is 15.9 Å². The number of benzene rings is 1. The zero-order chi connectivity index (χ0) is 16.2. The number of rotatable bonds is 7. The second kappa shape index (κ2) is 6.47. The first-order chi connectivity index (χ1) is 9.69. The summed E-state index contributed by atoms with van der Waals surface area (Å²) in [6.07, 6.45) is -1.70. The molecule has 1 amide bonds. The zero-order valence-corrected chi connectivity index (χ0v) is 11.7. The average Bonchev–Trinajstić information content (AvgIpc) is 2.43. The minimum Gasteiger partial charge on any atom is -0.490 e. The standard InChI is InChI=1S/C10H13N3O7S/c1-20-9-3-2-6(4-7(9)13(16)17)21(18,19)12-5-8(14)10(11)15/h2-4,8,12,14H,5H2,1H3,(H2,11,15). The number of hydrogen-bond acceptors (Lipinski definition) is 7. The molecule has 10 nitrogen and oxygen atoms in total. The van der Waals surface area contributed by atoms with Crippen molar-refractivity contribution in [2.24, 2.45) is 5.73 Å². The molecule has 1 rings (SSSR count). The van der Waals surface area contributed by atoms with Gasteiger partial charge < -0.3 is 15.6 Å². The molecular weight excluding hydrogens is 306 g/mol. The SMILES string of the molecule is COc1ccc(S(=O)(=O)NCC(O)C(N)=O)cc1[N+](=O)[O-]. The molecule has 0 saturated carbocycles. The van der Waals surface area contributed by atoms with Crippen LogP contribution in [0.25, 0.3) is 0 Å². The summed E-state index contributed by atoms with van der Waals surface area (Å²) >= 11 is 0.